The summed E-state index contributed by atoms with van der Waals surface area (Å²) in [7, 11) is -4.02. The average molecular weight is 330 g/mol. The summed E-state index contributed by atoms with van der Waals surface area (Å²) >= 11 is 0. The summed E-state index contributed by atoms with van der Waals surface area (Å²) in [5.74, 6) is 0. The van der Waals surface area contributed by atoms with Crippen LogP contribution in [0.2, 0.25) is 0 Å². The van der Waals surface area contributed by atoms with E-state index < -0.39 is 13.7 Å². The smallest absolute Gasteiger partial charge is 0.325 e. The van der Waals surface area contributed by atoms with Gasteiger partial charge in [0.05, 0.1) is 12.3 Å². The number of aliphatic hydroxyl groups is 1. The van der Waals surface area contributed by atoms with Crippen molar-refractivity contribution in [2.75, 3.05) is 6.16 Å². The molecule has 1 atom stereocenters. The molecular formula is C17H31O4P. The Kier molecular flexibility index (Phi) is 10.6. The molecule has 0 aliphatic heterocycles. The van der Waals surface area contributed by atoms with E-state index in [1.165, 1.54) is 11.1 Å². The Labute approximate surface area is 134 Å². The molecule has 0 bridgehead atoms. The zero-order valence-electron chi connectivity index (χ0n) is 14.2. The Morgan fingerprint density at radius 3 is 2.09 bits per heavy atom. The fourth-order valence-electron chi connectivity index (χ4n) is 2.03. The lowest BCUT2D eigenvalue weighted by Crippen LogP contribution is -2.06. The number of rotatable bonds is 10. The van der Waals surface area contributed by atoms with Gasteiger partial charge in [0.1, 0.15) is 0 Å². The van der Waals surface area contributed by atoms with Gasteiger partial charge in [-0.15, -0.1) is 0 Å². The van der Waals surface area contributed by atoms with Crippen molar-refractivity contribution in [3.05, 3.63) is 34.9 Å². The van der Waals surface area contributed by atoms with Crippen LogP contribution < -0.4 is 0 Å². The summed E-state index contributed by atoms with van der Waals surface area (Å²) in [5, 5.41) is 9.72. The fraction of sp³-hybridized carbons (Fsp3) is 0.647. The minimum absolute atomic E-state index is 0.0964. The van der Waals surface area contributed by atoms with Gasteiger partial charge in [0.15, 0.2) is 0 Å². The second-order valence-corrected chi connectivity index (χ2v) is 7.94. The molecule has 0 aliphatic carbocycles. The number of allylic oxidation sites excluding steroid dienone is 5. The first-order chi connectivity index (χ1) is 10.1. The third kappa shape index (κ3) is 14.3. The van der Waals surface area contributed by atoms with Gasteiger partial charge in [-0.25, -0.2) is 0 Å². The van der Waals surface area contributed by atoms with Gasteiger partial charge in [0.2, 0.25) is 0 Å². The molecule has 128 valence electrons. The van der Waals surface area contributed by atoms with E-state index in [9.17, 15) is 9.67 Å². The van der Waals surface area contributed by atoms with Crippen LogP contribution in [0.3, 0.4) is 0 Å². The molecule has 0 rings (SSSR count). The SMILES string of the molecule is CC(C)=CCCC(C)=CCCC(C)=CC(O)CCP(=O)(O)O. The standard InChI is InChI=1S/C17H31O4P/c1-14(2)7-5-8-15(3)9-6-10-16(4)13-17(18)11-12-22(19,20)21/h7,9,13,17-18H,5-6,8,10-12H2,1-4H3,(H2,19,20,21). The first kappa shape index (κ1) is 21.3. The maximum atomic E-state index is 10.7. The van der Waals surface area contributed by atoms with E-state index >= 15 is 0 Å². The van der Waals surface area contributed by atoms with E-state index in [1.54, 1.807) is 6.08 Å². The normalized spacial score (nSPS) is 14.9. The van der Waals surface area contributed by atoms with Crippen molar-refractivity contribution in [1.82, 2.24) is 0 Å². The molecule has 1 unspecified atom stereocenters. The molecule has 0 aromatic carbocycles. The summed E-state index contributed by atoms with van der Waals surface area (Å²) in [4.78, 5) is 17.6. The van der Waals surface area contributed by atoms with E-state index in [-0.39, 0.29) is 12.6 Å². The Morgan fingerprint density at radius 2 is 1.55 bits per heavy atom. The molecule has 0 saturated carbocycles. The molecule has 0 spiro atoms. The van der Waals surface area contributed by atoms with Crippen molar-refractivity contribution in [3.63, 3.8) is 0 Å². The molecule has 3 N–H and O–H groups in total. The average Bonchev–Trinajstić information content (AvgIpc) is 2.35. The van der Waals surface area contributed by atoms with Crippen molar-refractivity contribution < 1.29 is 19.5 Å². The highest BCUT2D eigenvalue weighted by Gasteiger charge is 2.14. The number of aliphatic hydroxyl groups excluding tert-OH is 1. The van der Waals surface area contributed by atoms with Crippen molar-refractivity contribution in [2.45, 2.75) is 65.9 Å². The third-order valence-corrected chi connectivity index (χ3v) is 4.16. The van der Waals surface area contributed by atoms with Crippen LogP contribution in [0.25, 0.3) is 0 Å². The maximum absolute atomic E-state index is 10.7. The third-order valence-electron chi connectivity index (χ3n) is 3.32. The van der Waals surface area contributed by atoms with Crippen LogP contribution in [0.1, 0.15) is 59.8 Å². The summed E-state index contributed by atoms with van der Waals surface area (Å²) in [6.07, 6.45) is 9.11. The molecule has 0 saturated heterocycles. The highest BCUT2D eigenvalue weighted by Crippen LogP contribution is 2.35. The Bertz CT molecular complexity index is 453. The van der Waals surface area contributed by atoms with Gasteiger partial charge in [-0.2, -0.15) is 0 Å². The monoisotopic (exact) mass is 330 g/mol. The topological polar surface area (TPSA) is 77.8 Å². The summed E-state index contributed by atoms with van der Waals surface area (Å²) in [6.45, 7) is 8.27. The Hall–Kier alpha value is -0.670. The molecule has 22 heavy (non-hydrogen) atoms. The molecule has 0 fully saturated rings. The van der Waals surface area contributed by atoms with Crippen molar-refractivity contribution >= 4 is 7.60 Å². The van der Waals surface area contributed by atoms with Gasteiger partial charge in [0.25, 0.3) is 0 Å². The predicted octanol–water partition coefficient (Wildman–Crippen LogP) is 4.33. The zero-order valence-corrected chi connectivity index (χ0v) is 15.1. The van der Waals surface area contributed by atoms with Gasteiger partial charge < -0.3 is 14.9 Å². The molecule has 0 heterocycles. The molecule has 0 aromatic heterocycles. The van der Waals surface area contributed by atoms with Crippen molar-refractivity contribution in [2.24, 2.45) is 0 Å². The largest absolute Gasteiger partial charge is 0.389 e. The predicted molar refractivity (Wildman–Crippen MR) is 92.9 cm³/mol. The molecule has 0 amide bonds. The van der Waals surface area contributed by atoms with E-state index in [1.807, 2.05) is 6.92 Å². The lowest BCUT2D eigenvalue weighted by molar-refractivity contribution is 0.215. The van der Waals surface area contributed by atoms with Crippen LogP contribution in [-0.4, -0.2) is 27.2 Å². The quantitative estimate of drug-likeness (QED) is 0.411. The number of hydrogen-bond donors (Lipinski definition) is 3. The highest BCUT2D eigenvalue weighted by molar-refractivity contribution is 7.51. The van der Waals surface area contributed by atoms with E-state index in [2.05, 4.69) is 32.9 Å². The molecule has 0 aromatic rings. The summed E-state index contributed by atoms with van der Waals surface area (Å²) in [6, 6.07) is 0. The second-order valence-electron chi connectivity index (χ2n) is 6.17. The summed E-state index contributed by atoms with van der Waals surface area (Å²) < 4.78 is 10.7. The lowest BCUT2D eigenvalue weighted by Gasteiger charge is -2.08. The van der Waals surface area contributed by atoms with Crippen molar-refractivity contribution in [1.29, 1.82) is 0 Å². The Morgan fingerprint density at radius 1 is 1.00 bits per heavy atom. The van der Waals surface area contributed by atoms with Crippen LogP contribution >= 0.6 is 7.60 Å². The molecular weight excluding hydrogens is 299 g/mol. The first-order valence-electron chi connectivity index (χ1n) is 7.79. The molecule has 0 aliphatic rings. The minimum Gasteiger partial charge on any atom is -0.389 e. The fourth-order valence-corrected chi connectivity index (χ4v) is 2.63. The maximum Gasteiger partial charge on any atom is 0.325 e. The van der Waals surface area contributed by atoms with Crippen LogP contribution in [0, 0.1) is 0 Å². The lowest BCUT2D eigenvalue weighted by atomic mass is 10.1. The van der Waals surface area contributed by atoms with Crippen LogP contribution in [0.4, 0.5) is 0 Å². The second kappa shape index (κ2) is 11.0. The zero-order chi connectivity index (χ0) is 17.2. The molecule has 5 heteroatoms. The van der Waals surface area contributed by atoms with E-state index in [0.717, 1.165) is 31.3 Å². The number of hydrogen-bond acceptors (Lipinski definition) is 2. The summed E-state index contributed by atoms with van der Waals surface area (Å²) in [5.41, 5.74) is 3.76. The first-order valence-corrected chi connectivity index (χ1v) is 9.59. The van der Waals surface area contributed by atoms with Crippen molar-refractivity contribution in [3.8, 4) is 0 Å². The minimum atomic E-state index is -4.02. The van der Waals surface area contributed by atoms with Crippen LogP contribution in [0.15, 0.2) is 34.9 Å². The molecule has 0 radical (unpaired) electrons. The van der Waals surface area contributed by atoms with Crippen LogP contribution in [-0.2, 0) is 4.57 Å². The van der Waals surface area contributed by atoms with Gasteiger partial charge >= 0.3 is 7.60 Å². The van der Waals surface area contributed by atoms with Gasteiger partial charge in [-0.3, -0.25) is 4.57 Å². The van der Waals surface area contributed by atoms with E-state index in [4.69, 9.17) is 9.79 Å². The highest BCUT2D eigenvalue weighted by atomic mass is 31.2. The van der Waals surface area contributed by atoms with Gasteiger partial charge in [-0.1, -0.05) is 34.9 Å². The van der Waals surface area contributed by atoms with Gasteiger partial charge in [-0.05, 0) is 59.8 Å². The van der Waals surface area contributed by atoms with Crippen LogP contribution in [0.5, 0.6) is 0 Å². The Balaban J connectivity index is 4.10. The van der Waals surface area contributed by atoms with Gasteiger partial charge in [0, 0.05) is 0 Å². The molecule has 4 nitrogen and oxygen atoms in total. The van der Waals surface area contributed by atoms with E-state index in [0.29, 0.717) is 0 Å².